The Balaban J connectivity index is 1.59. The minimum Gasteiger partial charge on any atom is -0.494 e. The quantitative estimate of drug-likeness (QED) is 0.358. The molecule has 3 aromatic heterocycles. The van der Waals surface area contributed by atoms with Crippen LogP contribution in [0.25, 0.3) is 16.5 Å². The highest BCUT2D eigenvalue weighted by Gasteiger charge is 2.16. The Morgan fingerprint density at radius 1 is 0.971 bits per heavy atom. The number of hydrogen-bond acceptors (Lipinski definition) is 6. The Morgan fingerprint density at radius 3 is 2.46 bits per heavy atom. The summed E-state index contributed by atoms with van der Waals surface area (Å²) in [4.78, 5) is 22.0. The van der Waals surface area contributed by atoms with Crippen LogP contribution in [-0.2, 0) is 6.54 Å². The van der Waals surface area contributed by atoms with Crippen LogP contribution in [0.4, 0.5) is 5.82 Å². The van der Waals surface area contributed by atoms with Crippen LogP contribution in [0, 0.1) is 0 Å². The number of nitrogens with zero attached hydrogens (tertiary/aromatic N) is 5. The predicted molar refractivity (Wildman–Crippen MR) is 135 cm³/mol. The fourth-order valence-electron chi connectivity index (χ4n) is 3.94. The van der Waals surface area contributed by atoms with Gasteiger partial charge in [0.2, 0.25) is 5.88 Å². The first kappa shape index (κ1) is 22.1. The smallest absolute Gasteiger partial charge is 0.265 e. The van der Waals surface area contributed by atoms with E-state index < -0.39 is 0 Å². The molecule has 8 heteroatoms. The molecule has 35 heavy (non-hydrogen) atoms. The van der Waals surface area contributed by atoms with E-state index in [0.29, 0.717) is 46.7 Å². The largest absolute Gasteiger partial charge is 0.494 e. The summed E-state index contributed by atoms with van der Waals surface area (Å²) in [5.74, 6) is 1.11. The lowest BCUT2D eigenvalue weighted by atomic mass is 10.1. The van der Waals surface area contributed by atoms with Crippen molar-refractivity contribution in [1.29, 1.82) is 0 Å². The summed E-state index contributed by atoms with van der Waals surface area (Å²) in [7, 11) is 0. The number of ether oxygens (including phenoxy) is 1. The monoisotopic (exact) mass is 465 g/mol. The van der Waals surface area contributed by atoms with Crippen molar-refractivity contribution in [2.24, 2.45) is 4.99 Å². The van der Waals surface area contributed by atoms with Gasteiger partial charge in [0, 0.05) is 35.4 Å². The van der Waals surface area contributed by atoms with E-state index in [1.54, 1.807) is 78.0 Å². The van der Waals surface area contributed by atoms with Crippen LogP contribution >= 0.6 is 0 Å². The van der Waals surface area contributed by atoms with Crippen molar-refractivity contribution >= 4 is 22.8 Å². The number of aromatic hydroxyl groups is 1. The molecule has 0 aliphatic carbocycles. The first-order valence-electron chi connectivity index (χ1n) is 11.2. The van der Waals surface area contributed by atoms with Gasteiger partial charge in [-0.1, -0.05) is 18.2 Å². The number of pyridine rings is 2. The van der Waals surface area contributed by atoms with Gasteiger partial charge in [-0.25, -0.2) is 14.2 Å². The lowest BCUT2D eigenvalue weighted by Crippen LogP contribution is -2.20. The number of aromatic nitrogens is 4. The molecule has 1 N–H and O–H groups in total. The molecule has 2 aromatic carbocycles. The SMILES string of the molecule is CCOc1ccc(-n2c(O)c(/C=N/c3ccnn3Cc3ccncc3)c3ccccc3c2=O)cc1. The van der Waals surface area contributed by atoms with E-state index in [9.17, 15) is 9.90 Å². The van der Waals surface area contributed by atoms with Crippen molar-refractivity contribution in [3.8, 4) is 17.3 Å². The van der Waals surface area contributed by atoms with Crippen molar-refractivity contribution < 1.29 is 9.84 Å². The molecule has 8 nitrogen and oxygen atoms in total. The van der Waals surface area contributed by atoms with Gasteiger partial charge in [0.15, 0.2) is 5.82 Å². The minimum atomic E-state index is -0.317. The summed E-state index contributed by atoms with van der Waals surface area (Å²) in [6.07, 6.45) is 6.71. The molecule has 0 saturated carbocycles. The molecule has 0 radical (unpaired) electrons. The molecular formula is C27H23N5O3. The van der Waals surface area contributed by atoms with Crippen molar-refractivity contribution in [2.75, 3.05) is 6.61 Å². The molecule has 3 heterocycles. The van der Waals surface area contributed by atoms with Gasteiger partial charge in [-0.05, 0) is 55.0 Å². The molecule has 0 atom stereocenters. The number of hydrogen-bond donors (Lipinski definition) is 1. The highest BCUT2D eigenvalue weighted by atomic mass is 16.5. The molecule has 0 aliphatic heterocycles. The Labute approximate surface area is 201 Å². The molecule has 0 aliphatic rings. The zero-order chi connectivity index (χ0) is 24.2. The van der Waals surface area contributed by atoms with E-state index >= 15 is 0 Å². The minimum absolute atomic E-state index is 0.193. The van der Waals surface area contributed by atoms with Gasteiger partial charge in [0.25, 0.3) is 5.56 Å². The number of aliphatic imine (C=N–C) groups is 1. The molecule has 0 bridgehead atoms. The summed E-state index contributed by atoms with van der Waals surface area (Å²) in [5.41, 5.74) is 1.68. The van der Waals surface area contributed by atoms with Gasteiger partial charge >= 0.3 is 0 Å². The van der Waals surface area contributed by atoms with E-state index in [1.165, 1.54) is 4.57 Å². The zero-order valence-electron chi connectivity index (χ0n) is 19.1. The second kappa shape index (κ2) is 9.64. The maximum Gasteiger partial charge on any atom is 0.265 e. The molecular weight excluding hydrogens is 442 g/mol. The topological polar surface area (TPSA) is 94.5 Å². The fourth-order valence-corrected chi connectivity index (χ4v) is 3.94. The van der Waals surface area contributed by atoms with Crippen LogP contribution in [0.5, 0.6) is 11.6 Å². The van der Waals surface area contributed by atoms with Crippen LogP contribution < -0.4 is 10.3 Å². The maximum absolute atomic E-state index is 13.3. The Bertz CT molecular complexity index is 1550. The Hall–Kier alpha value is -4.72. The van der Waals surface area contributed by atoms with Crippen LogP contribution in [0.2, 0.25) is 0 Å². The third-order valence-electron chi connectivity index (χ3n) is 5.61. The van der Waals surface area contributed by atoms with Gasteiger partial charge in [0.1, 0.15) is 5.75 Å². The predicted octanol–water partition coefficient (Wildman–Crippen LogP) is 4.49. The van der Waals surface area contributed by atoms with Crippen LogP contribution in [0.15, 0.2) is 95.1 Å². The zero-order valence-corrected chi connectivity index (χ0v) is 19.1. The maximum atomic E-state index is 13.3. The van der Waals surface area contributed by atoms with E-state index in [1.807, 2.05) is 25.1 Å². The van der Waals surface area contributed by atoms with Gasteiger partial charge in [-0.15, -0.1) is 0 Å². The van der Waals surface area contributed by atoms with E-state index in [4.69, 9.17) is 4.74 Å². The van der Waals surface area contributed by atoms with Gasteiger partial charge in [-0.2, -0.15) is 5.10 Å². The molecule has 0 spiro atoms. The molecule has 0 amide bonds. The first-order chi connectivity index (χ1) is 17.2. The van der Waals surface area contributed by atoms with Crippen LogP contribution in [0.1, 0.15) is 18.1 Å². The number of benzene rings is 2. The second-order valence-electron chi connectivity index (χ2n) is 7.81. The van der Waals surface area contributed by atoms with Crippen molar-refractivity contribution in [1.82, 2.24) is 19.3 Å². The van der Waals surface area contributed by atoms with Crippen molar-refractivity contribution in [3.05, 3.63) is 107 Å². The third kappa shape index (κ3) is 4.41. The summed E-state index contributed by atoms with van der Waals surface area (Å²) < 4.78 is 8.54. The molecule has 0 fully saturated rings. The highest BCUT2D eigenvalue weighted by molar-refractivity contribution is 6.02. The average molecular weight is 466 g/mol. The lowest BCUT2D eigenvalue weighted by molar-refractivity contribution is 0.340. The third-order valence-corrected chi connectivity index (χ3v) is 5.61. The van der Waals surface area contributed by atoms with Crippen LogP contribution in [0.3, 0.4) is 0 Å². The van der Waals surface area contributed by atoms with Gasteiger partial charge < -0.3 is 9.84 Å². The normalized spacial score (nSPS) is 11.3. The van der Waals surface area contributed by atoms with Crippen LogP contribution in [-0.4, -0.2) is 37.3 Å². The molecule has 0 saturated heterocycles. The first-order valence-corrected chi connectivity index (χ1v) is 11.2. The van der Waals surface area contributed by atoms with E-state index in [2.05, 4.69) is 15.1 Å². The summed E-state index contributed by atoms with van der Waals surface area (Å²) in [6.45, 7) is 2.97. The second-order valence-corrected chi connectivity index (χ2v) is 7.81. The Kier molecular flexibility index (Phi) is 6.09. The summed E-state index contributed by atoms with van der Waals surface area (Å²) in [5, 5.41) is 16.7. The number of fused-ring (bicyclic) bond motifs is 1. The molecule has 0 unspecified atom stereocenters. The van der Waals surface area contributed by atoms with Crippen molar-refractivity contribution in [3.63, 3.8) is 0 Å². The summed E-state index contributed by atoms with van der Waals surface area (Å²) in [6, 6.07) is 19.8. The van der Waals surface area contributed by atoms with Crippen molar-refractivity contribution in [2.45, 2.75) is 13.5 Å². The highest BCUT2D eigenvalue weighted by Crippen LogP contribution is 2.27. The molecule has 5 aromatic rings. The standard InChI is InChI=1S/C27H23N5O3/c1-2-35-21-9-7-20(8-10-21)32-26(33)23-6-4-3-5-22(23)24(27(32)34)17-29-25-13-16-30-31(25)18-19-11-14-28-15-12-19/h3-17,34H,2,18H2,1H3/b29-17+. The lowest BCUT2D eigenvalue weighted by Gasteiger charge is -2.14. The summed E-state index contributed by atoms with van der Waals surface area (Å²) >= 11 is 0. The van der Waals surface area contributed by atoms with Gasteiger partial charge in [0.05, 0.1) is 30.6 Å². The number of rotatable bonds is 7. The fraction of sp³-hybridized carbons (Fsp3) is 0.111. The van der Waals surface area contributed by atoms with E-state index in [0.717, 1.165) is 5.56 Å². The average Bonchev–Trinajstić information content (AvgIpc) is 3.32. The molecule has 5 rings (SSSR count). The van der Waals surface area contributed by atoms with E-state index in [-0.39, 0.29) is 11.4 Å². The molecule has 174 valence electrons. The Morgan fingerprint density at radius 2 is 1.71 bits per heavy atom. The van der Waals surface area contributed by atoms with Gasteiger partial charge in [-0.3, -0.25) is 9.78 Å².